The van der Waals surface area contributed by atoms with Crippen LogP contribution in [0.15, 0.2) is 77.7 Å². The first-order valence-electron chi connectivity index (χ1n) is 8.99. The third-order valence-corrected chi connectivity index (χ3v) is 7.23. The third-order valence-electron chi connectivity index (χ3n) is 5.13. The molecule has 0 bridgehead atoms. The molecule has 144 valence electrons. The van der Waals surface area contributed by atoms with Gasteiger partial charge in [-0.25, -0.2) is 12.4 Å². The lowest BCUT2D eigenvalue weighted by Gasteiger charge is -2.14. The van der Waals surface area contributed by atoms with Gasteiger partial charge in [0.2, 0.25) is 0 Å². The molecule has 5 rings (SSSR count). The van der Waals surface area contributed by atoms with Crippen molar-refractivity contribution in [1.29, 1.82) is 0 Å². The van der Waals surface area contributed by atoms with Crippen LogP contribution in [0.4, 0.5) is 0 Å². The molecule has 1 aromatic heterocycles. The molecule has 1 aliphatic heterocycles. The number of carbonyl (C=O) groups is 1. The number of hydrogen-bond donors (Lipinski definition) is 1. The Morgan fingerprint density at radius 3 is 2.45 bits per heavy atom. The van der Waals surface area contributed by atoms with Crippen molar-refractivity contribution < 1.29 is 13.2 Å². The Morgan fingerprint density at radius 2 is 1.66 bits per heavy atom. The molecule has 1 aliphatic rings. The summed E-state index contributed by atoms with van der Waals surface area (Å²) in [5.74, 6) is -0.258. The third kappa shape index (κ3) is 2.68. The normalized spacial score (nSPS) is 13.5. The van der Waals surface area contributed by atoms with Gasteiger partial charge in [0.15, 0.2) is 0 Å². The van der Waals surface area contributed by atoms with E-state index in [1.54, 1.807) is 60.7 Å². The Morgan fingerprint density at radius 1 is 0.931 bits per heavy atom. The monoisotopic (exact) mass is 422 g/mol. The second-order valence-electron chi connectivity index (χ2n) is 6.80. The molecule has 5 nitrogen and oxygen atoms in total. The summed E-state index contributed by atoms with van der Waals surface area (Å²) in [5, 5.41) is 4.03. The molecule has 0 unspecified atom stereocenters. The molecule has 0 radical (unpaired) electrons. The minimum absolute atomic E-state index is 0.178. The Kier molecular flexibility index (Phi) is 4.01. The summed E-state index contributed by atoms with van der Waals surface area (Å²) < 4.78 is 28.5. The van der Waals surface area contributed by atoms with Gasteiger partial charge in [-0.2, -0.15) is 0 Å². The molecule has 0 aliphatic carbocycles. The first-order valence-corrected chi connectivity index (χ1v) is 10.8. The summed E-state index contributed by atoms with van der Waals surface area (Å²) in [4.78, 5) is 12.7. The van der Waals surface area contributed by atoms with Gasteiger partial charge in [-0.3, -0.25) is 4.79 Å². The van der Waals surface area contributed by atoms with Crippen LogP contribution >= 0.6 is 11.6 Å². The Labute approximate surface area is 172 Å². The predicted octanol–water partition coefficient (Wildman–Crippen LogP) is 4.44. The fourth-order valence-corrected chi connectivity index (χ4v) is 5.57. The summed E-state index contributed by atoms with van der Waals surface area (Å²) in [6.45, 7) is 0.326. The van der Waals surface area contributed by atoms with E-state index in [2.05, 4.69) is 5.32 Å². The molecular weight excluding hydrogens is 408 g/mol. The zero-order valence-electron chi connectivity index (χ0n) is 15.1. The molecule has 2 heterocycles. The fraction of sp³-hybridized carbons (Fsp3) is 0.0455. The van der Waals surface area contributed by atoms with Crippen molar-refractivity contribution in [2.45, 2.75) is 11.4 Å². The van der Waals surface area contributed by atoms with Crippen LogP contribution in [-0.4, -0.2) is 18.3 Å². The molecule has 4 aromatic rings. The number of benzene rings is 3. The van der Waals surface area contributed by atoms with Gasteiger partial charge >= 0.3 is 0 Å². The van der Waals surface area contributed by atoms with Gasteiger partial charge in [0, 0.05) is 28.1 Å². The van der Waals surface area contributed by atoms with Crippen molar-refractivity contribution in [3.05, 3.63) is 88.9 Å². The summed E-state index contributed by atoms with van der Waals surface area (Å²) in [6, 6.07) is 20.7. The SMILES string of the molecule is O=C1NCc2c(Cl)ccc(-c3cc4ccccc4n3S(=O)(=O)c3ccccc3)c21. The fourth-order valence-electron chi connectivity index (χ4n) is 3.80. The average molecular weight is 423 g/mol. The molecule has 0 saturated carbocycles. The maximum atomic E-state index is 13.6. The highest BCUT2D eigenvalue weighted by molar-refractivity contribution is 7.90. The topological polar surface area (TPSA) is 68.2 Å². The number of aromatic nitrogens is 1. The largest absolute Gasteiger partial charge is 0.348 e. The van der Waals surface area contributed by atoms with Crippen LogP contribution < -0.4 is 5.32 Å². The second kappa shape index (κ2) is 6.47. The smallest absolute Gasteiger partial charge is 0.268 e. The van der Waals surface area contributed by atoms with Crippen LogP contribution in [0.1, 0.15) is 15.9 Å². The van der Waals surface area contributed by atoms with E-state index in [0.29, 0.717) is 39.5 Å². The van der Waals surface area contributed by atoms with Crippen molar-refractivity contribution in [3.63, 3.8) is 0 Å². The van der Waals surface area contributed by atoms with Crippen LogP contribution in [0.5, 0.6) is 0 Å². The van der Waals surface area contributed by atoms with Crippen LogP contribution in [0.2, 0.25) is 5.02 Å². The van der Waals surface area contributed by atoms with E-state index in [-0.39, 0.29) is 10.8 Å². The zero-order chi connectivity index (χ0) is 20.2. The number of nitrogens with one attached hydrogen (secondary N) is 1. The first-order chi connectivity index (χ1) is 14.0. The summed E-state index contributed by atoms with van der Waals surface area (Å²) in [7, 11) is -3.89. The standard InChI is InChI=1S/C22H15ClN2O3S/c23-18-11-10-16(21-17(18)13-24-22(21)26)20-12-14-6-4-5-9-19(14)25(20)29(27,28)15-7-2-1-3-8-15/h1-12H,13H2,(H,24,26). The molecule has 0 fully saturated rings. The molecule has 29 heavy (non-hydrogen) atoms. The zero-order valence-corrected chi connectivity index (χ0v) is 16.7. The van der Waals surface area contributed by atoms with Crippen LogP contribution in [0, 0.1) is 0 Å². The number of halogens is 1. The van der Waals surface area contributed by atoms with E-state index in [9.17, 15) is 13.2 Å². The quantitative estimate of drug-likeness (QED) is 0.530. The Balaban J connectivity index is 1.88. The highest BCUT2D eigenvalue weighted by Gasteiger charge is 2.30. The van der Waals surface area contributed by atoms with E-state index in [4.69, 9.17) is 11.6 Å². The van der Waals surface area contributed by atoms with Crippen LogP contribution in [0.3, 0.4) is 0 Å². The van der Waals surface area contributed by atoms with Gasteiger partial charge in [0.05, 0.1) is 21.7 Å². The van der Waals surface area contributed by atoms with Crippen molar-refractivity contribution in [2.75, 3.05) is 0 Å². The van der Waals surface area contributed by atoms with Gasteiger partial charge in [0.25, 0.3) is 15.9 Å². The molecular formula is C22H15ClN2O3S. The number of carbonyl (C=O) groups excluding carboxylic acids is 1. The first kappa shape index (κ1) is 18.0. The number of hydrogen-bond acceptors (Lipinski definition) is 3. The molecule has 7 heteroatoms. The van der Waals surface area contributed by atoms with Crippen LogP contribution in [-0.2, 0) is 16.6 Å². The Hall–Kier alpha value is -3.09. The maximum Gasteiger partial charge on any atom is 0.268 e. The number of para-hydroxylation sites is 1. The minimum Gasteiger partial charge on any atom is -0.348 e. The summed E-state index contributed by atoms with van der Waals surface area (Å²) in [6.07, 6.45) is 0. The van der Waals surface area contributed by atoms with Gasteiger partial charge < -0.3 is 5.32 Å². The molecule has 0 atom stereocenters. The van der Waals surface area contributed by atoms with Crippen molar-refractivity contribution in [3.8, 4) is 11.3 Å². The number of fused-ring (bicyclic) bond motifs is 2. The molecule has 0 saturated heterocycles. The van der Waals surface area contributed by atoms with Gasteiger partial charge in [-0.15, -0.1) is 0 Å². The highest BCUT2D eigenvalue weighted by Crippen LogP contribution is 2.38. The minimum atomic E-state index is -3.89. The van der Waals surface area contributed by atoms with Crippen molar-refractivity contribution in [1.82, 2.24) is 9.29 Å². The van der Waals surface area contributed by atoms with E-state index in [1.165, 1.54) is 3.97 Å². The predicted molar refractivity (Wildman–Crippen MR) is 113 cm³/mol. The maximum absolute atomic E-state index is 13.6. The molecule has 1 N–H and O–H groups in total. The average Bonchev–Trinajstić information content (AvgIpc) is 3.31. The lowest BCUT2D eigenvalue weighted by Crippen LogP contribution is -2.16. The van der Waals surface area contributed by atoms with Crippen LogP contribution in [0.25, 0.3) is 22.2 Å². The molecule has 3 aromatic carbocycles. The lowest BCUT2D eigenvalue weighted by molar-refractivity contribution is 0.0966. The van der Waals surface area contributed by atoms with Gasteiger partial charge in [-0.05, 0) is 30.3 Å². The van der Waals surface area contributed by atoms with E-state index in [0.717, 1.165) is 5.39 Å². The van der Waals surface area contributed by atoms with E-state index in [1.807, 2.05) is 12.1 Å². The number of nitrogens with zero attached hydrogens (tertiary/aromatic N) is 1. The van der Waals surface area contributed by atoms with Gasteiger partial charge in [-0.1, -0.05) is 54.1 Å². The second-order valence-corrected chi connectivity index (χ2v) is 9.00. The van der Waals surface area contributed by atoms with E-state index >= 15 is 0 Å². The molecule has 0 spiro atoms. The number of rotatable bonds is 3. The summed E-state index contributed by atoms with van der Waals surface area (Å²) >= 11 is 6.28. The number of amides is 1. The molecule has 1 amide bonds. The summed E-state index contributed by atoms with van der Waals surface area (Å²) in [5.41, 5.74) is 2.62. The lowest BCUT2D eigenvalue weighted by atomic mass is 10.0. The van der Waals surface area contributed by atoms with Gasteiger partial charge in [0.1, 0.15) is 0 Å². The highest BCUT2D eigenvalue weighted by atomic mass is 35.5. The van der Waals surface area contributed by atoms with E-state index < -0.39 is 10.0 Å². The van der Waals surface area contributed by atoms with Crippen molar-refractivity contribution >= 4 is 38.4 Å². The Bertz CT molecular complexity index is 1390. The van der Waals surface area contributed by atoms with Crippen molar-refractivity contribution in [2.24, 2.45) is 0 Å².